The van der Waals surface area contributed by atoms with Gasteiger partial charge >= 0.3 is 0 Å². The Labute approximate surface area is 127 Å². The number of aryl methyl sites for hydroxylation is 1. The maximum absolute atomic E-state index is 13.0. The summed E-state index contributed by atoms with van der Waals surface area (Å²) in [6, 6.07) is 6.99. The van der Waals surface area contributed by atoms with Crippen LogP contribution in [0.5, 0.6) is 0 Å². The maximum atomic E-state index is 13.0. The van der Waals surface area contributed by atoms with Gasteiger partial charge in [-0.05, 0) is 43.9 Å². The summed E-state index contributed by atoms with van der Waals surface area (Å²) in [6.07, 6.45) is 4.82. The molecule has 1 saturated heterocycles. The lowest BCUT2D eigenvalue weighted by Gasteiger charge is -2.35. The van der Waals surface area contributed by atoms with E-state index in [1.54, 1.807) is 23.4 Å². The van der Waals surface area contributed by atoms with Gasteiger partial charge in [0.2, 0.25) is 10.0 Å². The van der Waals surface area contributed by atoms with Gasteiger partial charge in [0.15, 0.2) is 0 Å². The molecule has 1 aliphatic heterocycles. The predicted octanol–water partition coefficient (Wildman–Crippen LogP) is 3.21. The van der Waals surface area contributed by atoms with Crippen LogP contribution in [0.15, 0.2) is 23.1 Å². The lowest BCUT2D eigenvalue weighted by molar-refractivity contribution is 0.239. The van der Waals surface area contributed by atoms with Gasteiger partial charge in [0.25, 0.3) is 0 Å². The zero-order valence-electron chi connectivity index (χ0n) is 12.7. The first-order valence-electron chi connectivity index (χ1n) is 7.53. The van der Waals surface area contributed by atoms with Crippen molar-refractivity contribution >= 4 is 10.0 Å². The number of piperidine rings is 1. The molecule has 5 heteroatoms. The number of nitriles is 1. The number of sulfonamides is 1. The molecule has 1 heterocycles. The summed E-state index contributed by atoms with van der Waals surface area (Å²) < 4.78 is 27.6. The van der Waals surface area contributed by atoms with Crippen LogP contribution in [0.25, 0.3) is 0 Å². The second-order valence-electron chi connectivity index (χ2n) is 5.65. The van der Waals surface area contributed by atoms with Crippen LogP contribution in [0.2, 0.25) is 0 Å². The van der Waals surface area contributed by atoms with Crippen molar-refractivity contribution in [1.29, 1.82) is 5.26 Å². The van der Waals surface area contributed by atoms with Gasteiger partial charge in [-0.3, -0.25) is 0 Å². The molecule has 21 heavy (non-hydrogen) atoms. The minimum Gasteiger partial charge on any atom is -0.207 e. The Morgan fingerprint density at radius 3 is 2.81 bits per heavy atom. The highest BCUT2D eigenvalue weighted by Crippen LogP contribution is 2.29. The van der Waals surface area contributed by atoms with Crippen LogP contribution in [-0.4, -0.2) is 25.3 Å². The molecule has 1 aromatic carbocycles. The van der Waals surface area contributed by atoms with Crippen molar-refractivity contribution < 1.29 is 8.42 Å². The molecule has 0 aliphatic carbocycles. The molecule has 1 aliphatic rings. The van der Waals surface area contributed by atoms with E-state index < -0.39 is 10.0 Å². The highest BCUT2D eigenvalue weighted by atomic mass is 32.2. The lowest BCUT2D eigenvalue weighted by Crippen LogP contribution is -2.43. The van der Waals surface area contributed by atoms with Gasteiger partial charge in [0, 0.05) is 12.6 Å². The highest BCUT2D eigenvalue weighted by molar-refractivity contribution is 7.89. The molecule has 1 fully saturated rings. The van der Waals surface area contributed by atoms with Gasteiger partial charge in [0.05, 0.1) is 16.5 Å². The maximum Gasteiger partial charge on any atom is 0.243 e. The number of nitrogens with zero attached hydrogens (tertiary/aromatic N) is 2. The summed E-state index contributed by atoms with van der Waals surface area (Å²) in [6.45, 7) is 4.46. The Balaban J connectivity index is 2.43. The van der Waals surface area contributed by atoms with Crippen molar-refractivity contribution in [2.24, 2.45) is 0 Å². The largest absolute Gasteiger partial charge is 0.243 e. The average Bonchev–Trinajstić information content (AvgIpc) is 2.48. The van der Waals surface area contributed by atoms with Gasteiger partial charge in [-0.15, -0.1) is 0 Å². The van der Waals surface area contributed by atoms with E-state index in [1.807, 2.05) is 6.07 Å². The molecule has 0 saturated carbocycles. The first-order valence-corrected chi connectivity index (χ1v) is 8.97. The molecule has 1 atom stereocenters. The van der Waals surface area contributed by atoms with Gasteiger partial charge in [-0.1, -0.05) is 25.8 Å². The minimum absolute atomic E-state index is 0.0962. The van der Waals surface area contributed by atoms with E-state index in [-0.39, 0.29) is 10.9 Å². The third kappa shape index (κ3) is 3.28. The Morgan fingerprint density at radius 2 is 2.14 bits per heavy atom. The van der Waals surface area contributed by atoms with E-state index in [0.29, 0.717) is 17.7 Å². The van der Waals surface area contributed by atoms with E-state index in [0.717, 1.165) is 32.1 Å². The van der Waals surface area contributed by atoms with Crippen molar-refractivity contribution in [1.82, 2.24) is 4.31 Å². The lowest BCUT2D eigenvalue weighted by atomic mass is 10.0. The van der Waals surface area contributed by atoms with Crippen LogP contribution in [0.4, 0.5) is 0 Å². The van der Waals surface area contributed by atoms with Gasteiger partial charge < -0.3 is 0 Å². The SMILES string of the molecule is CCCC1CCCCN1S(=O)(=O)c1cc(C#N)ccc1C. The standard InChI is InChI=1S/C16H22N2O2S/c1-3-6-15-7-4-5-10-18(15)21(19,20)16-11-14(12-17)9-8-13(16)2/h8-9,11,15H,3-7,10H2,1-2H3. The molecule has 1 unspecified atom stereocenters. The molecule has 2 rings (SSSR count). The molecular weight excluding hydrogens is 284 g/mol. The van der Waals surface area contributed by atoms with E-state index in [2.05, 4.69) is 6.92 Å². The summed E-state index contributed by atoms with van der Waals surface area (Å²) in [7, 11) is -3.51. The van der Waals surface area contributed by atoms with E-state index in [1.165, 1.54) is 6.07 Å². The zero-order chi connectivity index (χ0) is 15.5. The van der Waals surface area contributed by atoms with Gasteiger partial charge in [-0.25, -0.2) is 8.42 Å². The fourth-order valence-corrected chi connectivity index (χ4v) is 4.96. The number of rotatable bonds is 4. The molecule has 4 nitrogen and oxygen atoms in total. The van der Waals surface area contributed by atoms with Gasteiger partial charge in [0.1, 0.15) is 0 Å². The number of hydrogen-bond donors (Lipinski definition) is 0. The van der Waals surface area contributed by atoms with Crippen LogP contribution < -0.4 is 0 Å². The zero-order valence-corrected chi connectivity index (χ0v) is 13.5. The number of benzene rings is 1. The predicted molar refractivity (Wildman–Crippen MR) is 82.3 cm³/mol. The smallest absolute Gasteiger partial charge is 0.207 e. The molecular formula is C16H22N2O2S. The van der Waals surface area contributed by atoms with E-state index >= 15 is 0 Å². The van der Waals surface area contributed by atoms with E-state index in [9.17, 15) is 8.42 Å². The molecule has 0 aromatic heterocycles. The topological polar surface area (TPSA) is 61.2 Å². The van der Waals surface area contributed by atoms with E-state index in [4.69, 9.17) is 5.26 Å². The van der Waals surface area contributed by atoms with Crippen molar-refractivity contribution in [3.05, 3.63) is 29.3 Å². The van der Waals surface area contributed by atoms with Crippen LogP contribution in [0.3, 0.4) is 0 Å². The molecule has 1 aromatic rings. The van der Waals surface area contributed by atoms with Crippen molar-refractivity contribution in [2.75, 3.05) is 6.54 Å². The average molecular weight is 306 g/mol. The molecule has 0 amide bonds. The fraction of sp³-hybridized carbons (Fsp3) is 0.562. The molecule has 114 valence electrons. The molecule has 0 bridgehead atoms. The third-order valence-electron chi connectivity index (χ3n) is 4.10. The van der Waals surface area contributed by atoms with Crippen LogP contribution in [0.1, 0.15) is 50.2 Å². The Morgan fingerprint density at radius 1 is 1.38 bits per heavy atom. The summed E-state index contributed by atoms with van der Waals surface area (Å²) in [4.78, 5) is 0.282. The summed E-state index contributed by atoms with van der Waals surface area (Å²) in [5, 5.41) is 9.01. The normalized spacial score (nSPS) is 20.1. The van der Waals surface area contributed by atoms with Crippen LogP contribution in [-0.2, 0) is 10.0 Å². The van der Waals surface area contributed by atoms with Crippen molar-refractivity contribution in [2.45, 2.75) is 56.9 Å². The van der Waals surface area contributed by atoms with Gasteiger partial charge in [-0.2, -0.15) is 9.57 Å². The number of hydrogen-bond acceptors (Lipinski definition) is 3. The Hall–Kier alpha value is -1.38. The molecule has 0 N–H and O–H groups in total. The van der Waals surface area contributed by atoms with Crippen LogP contribution in [0, 0.1) is 18.3 Å². The quantitative estimate of drug-likeness (QED) is 0.858. The second kappa shape index (κ2) is 6.59. The first kappa shape index (κ1) is 16.0. The minimum atomic E-state index is -3.51. The second-order valence-corrected chi connectivity index (χ2v) is 7.51. The Bertz CT molecular complexity index is 645. The van der Waals surface area contributed by atoms with Crippen molar-refractivity contribution in [3.63, 3.8) is 0 Å². The summed E-state index contributed by atoms with van der Waals surface area (Å²) in [5.41, 5.74) is 1.10. The highest BCUT2D eigenvalue weighted by Gasteiger charge is 2.33. The summed E-state index contributed by atoms with van der Waals surface area (Å²) >= 11 is 0. The molecule has 0 spiro atoms. The van der Waals surface area contributed by atoms with Crippen molar-refractivity contribution in [3.8, 4) is 6.07 Å². The Kier molecular flexibility index (Phi) is 5.02. The fourth-order valence-electron chi connectivity index (χ4n) is 2.99. The first-order chi connectivity index (χ1) is 10.0. The molecule has 0 radical (unpaired) electrons. The van der Waals surface area contributed by atoms with Crippen LogP contribution >= 0.6 is 0 Å². The third-order valence-corrected chi connectivity index (χ3v) is 6.19. The monoisotopic (exact) mass is 306 g/mol. The summed E-state index contributed by atoms with van der Waals surface area (Å²) in [5.74, 6) is 0.